The lowest BCUT2D eigenvalue weighted by Gasteiger charge is -2.29. The van der Waals surface area contributed by atoms with Gasteiger partial charge in [0.15, 0.2) is 5.13 Å². The van der Waals surface area contributed by atoms with E-state index in [0.29, 0.717) is 29.3 Å². The van der Waals surface area contributed by atoms with Crippen LogP contribution in [0, 0.1) is 12.8 Å². The van der Waals surface area contributed by atoms with Crippen LogP contribution in [0.15, 0.2) is 28.5 Å². The maximum absolute atomic E-state index is 13.1. The van der Waals surface area contributed by atoms with Crippen molar-refractivity contribution in [3.8, 4) is 0 Å². The molecule has 0 atom stereocenters. The molecule has 1 N–H and O–H groups in total. The third kappa shape index (κ3) is 5.39. The fourth-order valence-corrected chi connectivity index (χ4v) is 6.78. The van der Waals surface area contributed by atoms with E-state index < -0.39 is 10.0 Å². The van der Waals surface area contributed by atoms with Crippen molar-refractivity contribution >= 4 is 32.4 Å². The summed E-state index contributed by atoms with van der Waals surface area (Å²) in [6.07, 6.45) is 5.23. The molecule has 3 heterocycles. The van der Waals surface area contributed by atoms with Crippen LogP contribution in [-0.4, -0.2) is 54.7 Å². The first kappa shape index (κ1) is 23.4. The SMILES string of the molecule is Cc1ccc(C(=O)Nc2nc(CN3CCC(C)CC3)cs2)cc1S(=O)(=O)N1CCCCC1. The number of likely N-dealkylation sites (tertiary alicyclic amines) is 1. The Morgan fingerprint density at radius 3 is 2.59 bits per heavy atom. The Hall–Kier alpha value is -1.81. The minimum absolute atomic E-state index is 0.214. The maximum Gasteiger partial charge on any atom is 0.257 e. The van der Waals surface area contributed by atoms with Crippen molar-refractivity contribution in [2.45, 2.75) is 57.4 Å². The quantitative estimate of drug-likeness (QED) is 0.678. The van der Waals surface area contributed by atoms with E-state index in [4.69, 9.17) is 0 Å². The van der Waals surface area contributed by atoms with E-state index >= 15 is 0 Å². The van der Waals surface area contributed by atoms with Crippen LogP contribution in [0.4, 0.5) is 5.13 Å². The first-order valence-corrected chi connectivity index (χ1v) is 13.7. The third-order valence-electron chi connectivity index (χ3n) is 6.42. The molecule has 1 aromatic heterocycles. The Morgan fingerprint density at radius 1 is 1.16 bits per heavy atom. The molecule has 0 bridgehead atoms. The second-order valence-corrected chi connectivity index (χ2v) is 11.8. The smallest absolute Gasteiger partial charge is 0.257 e. The number of sulfonamides is 1. The van der Waals surface area contributed by atoms with E-state index in [1.165, 1.54) is 34.6 Å². The van der Waals surface area contributed by atoms with Crippen LogP contribution < -0.4 is 5.32 Å². The Morgan fingerprint density at radius 2 is 1.88 bits per heavy atom. The topological polar surface area (TPSA) is 82.6 Å². The second kappa shape index (κ2) is 9.99. The fraction of sp³-hybridized carbons (Fsp3) is 0.565. The van der Waals surface area contributed by atoms with Gasteiger partial charge in [0.05, 0.1) is 10.6 Å². The highest BCUT2D eigenvalue weighted by Crippen LogP contribution is 2.26. The molecule has 7 nitrogen and oxygen atoms in total. The van der Waals surface area contributed by atoms with E-state index in [2.05, 4.69) is 22.1 Å². The van der Waals surface area contributed by atoms with Gasteiger partial charge in [-0.1, -0.05) is 19.4 Å². The lowest BCUT2D eigenvalue weighted by Crippen LogP contribution is -2.36. The summed E-state index contributed by atoms with van der Waals surface area (Å²) in [5.74, 6) is 0.447. The van der Waals surface area contributed by atoms with Crippen LogP contribution in [0.1, 0.15) is 60.6 Å². The monoisotopic (exact) mass is 476 g/mol. The van der Waals surface area contributed by atoms with Gasteiger partial charge in [-0.25, -0.2) is 13.4 Å². The van der Waals surface area contributed by atoms with Crippen molar-refractivity contribution in [3.05, 3.63) is 40.4 Å². The predicted octanol–water partition coefficient (Wildman–Crippen LogP) is 4.11. The van der Waals surface area contributed by atoms with E-state index in [-0.39, 0.29) is 10.8 Å². The Balaban J connectivity index is 1.44. The number of thiazole rings is 1. The van der Waals surface area contributed by atoms with Gasteiger partial charge in [0.25, 0.3) is 5.91 Å². The number of nitrogens with one attached hydrogen (secondary N) is 1. The highest BCUT2D eigenvalue weighted by molar-refractivity contribution is 7.89. The Labute approximate surface area is 194 Å². The van der Waals surface area contributed by atoms with E-state index in [1.807, 2.05) is 5.38 Å². The van der Waals surface area contributed by atoms with Gasteiger partial charge in [0.1, 0.15) is 0 Å². The number of benzene rings is 1. The molecule has 174 valence electrons. The molecule has 1 aromatic carbocycles. The lowest BCUT2D eigenvalue weighted by atomic mass is 9.99. The van der Waals surface area contributed by atoms with Crippen molar-refractivity contribution < 1.29 is 13.2 Å². The zero-order chi connectivity index (χ0) is 22.7. The van der Waals surface area contributed by atoms with Gasteiger partial charge < -0.3 is 0 Å². The molecule has 2 aliphatic rings. The van der Waals surface area contributed by atoms with Crippen LogP contribution >= 0.6 is 11.3 Å². The summed E-state index contributed by atoms with van der Waals surface area (Å²) in [6.45, 7) is 8.10. The maximum atomic E-state index is 13.1. The summed E-state index contributed by atoms with van der Waals surface area (Å²) < 4.78 is 27.8. The standard InChI is InChI=1S/C23H32N4O3S2/c1-17-8-12-26(13-9-17)15-20-16-31-23(24-20)25-22(28)19-7-6-18(2)21(14-19)32(29,30)27-10-4-3-5-11-27/h6-7,14,16-17H,3-5,8-13,15H2,1-2H3,(H,24,25,28). The number of carbonyl (C=O) groups is 1. The lowest BCUT2D eigenvalue weighted by molar-refractivity contribution is 0.102. The first-order valence-electron chi connectivity index (χ1n) is 11.4. The van der Waals surface area contributed by atoms with Gasteiger partial charge >= 0.3 is 0 Å². The minimum atomic E-state index is -3.60. The number of hydrogen-bond donors (Lipinski definition) is 1. The normalized spacial score (nSPS) is 19.2. The fourth-order valence-electron chi connectivity index (χ4n) is 4.32. The largest absolute Gasteiger partial charge is 0.298 e. The summed E-state index contributed by atoms with van der Waals surface area (Å²) >= 11 is 1.40. The van der Waals surface area contributed by atoms with Crippen LogP contribution in [-0.2, 0) is 16.6 Å². The highest BCUT2D eigenvalue weighted by atomic mass is 32.2. The van der Waals surface area contributed by atoms with Crippen molar-refractivity contribution in [1.29, 1.82) is 0 Å². The summed E-state index contributed by atoms with van der Waals surface area (Å²) in [5.41, 5.74) is 1.93. The summed E-state index contributed by atoms with van der Waals surface area (Å²) in [6, 6.07) is 4.87. The molecule has 1 amide bonds. The average molecular weight is 477 g/mol. The molecule has 9 heteroatoms. The van der Waals surface area contributed by atoms with Crippen LogP contribution in [0.25, 0.3) is 0 Å². The number of carbonyl (C=O) groups excluding carboxylic acids is 1. The molecule has 2 fully saturated rings. The van der Waals surface area contributed by atoms with Crippen molar-refractivity contribution in [2.75, 3.05) is 31.5 Å². The number of aryl methyl sites for hydroxylation is 1. The van der Waals surface area contributed by atoms with Crippen molar-refractivity contribution in [1.82, 2.24) is 14.2 Å². The summed E-state index contributed by atoms with van der Waals surface area (Å²) in [7, 11) is -3.60. The van der Waals surface area contributed by atoms with E-state index in [0.717, 1.165) is 50.5 Å². The zero-order valence-electron chi connectivity index (χ0n) is 18.8. The van der Waals surface area contributed by atoms with Crippen LogP contribution in [0.5, 0.6) is 0 Å². The van der Waals surface area contributed by atoms with Crippen molar-refractivity contribution in [3.63, 3.8) is 0 Å². The molecular formula is C23H32N4O3S2. The van der Waals surface area contributed by atoms with Gasteiger partial charge in [0.2, 0.25) is 10.0 Å². The van der Waals surface area contributed by atoms with E-state index in [1.54, 1.807) is 19.1 Å². The highest BCUT2D eigenvalue weighted by Gasteiger charge is 2.28. The van der Waals surface area contributed by atoms with Gasteiger partial charge in [0, 0.05) is 30.6 Å². The molecule has 0 aliphatic carbocycles. The second-order valence-electron chi connectivity index (χ2n) is 9.00. The number of piperidine rings is 2. The Bertz CT molecular complexity index is 1050. The number of nitrogens with zero attached hydrogens (tertiary/aromatic N) is 3. The van der Waals surface area contributed by atoms with Crippen LogP contribution in [0.3, 0.4) is 0 Å². The molecule has 4 rings (SSSR count). The molecule has 0 unspecified atom stereocenters. The molecular weight excluding hydrogens is 444 g/mol. The van der Waals surface area contributed by atoms with Gasteiger partial charge in [-0.3, -0.25) is 15.0 Å². The van der Waals surface area contributed by atoms with Crippen molar-refractivity contribution in [2.24, 2.45) is 5.92 Å². The number of hydrogen-bond acceptors (Lipinski definition) is 6. The number of anilines is 1. The van der Waals surface area contributed by atoms with Crippen LogP contribution in [0.2, 0.25) is 0 Å². The third-order valence-corrected chi connectivity index (χ3v) is 9.26. The summed E-state index contributed by atoms with van der Waals surface area (Å²) in [4.78, 5) is 20.0. The molecule has 0 saturated carbocycles. The Kier molecular flexibility index (Phi) is 7.29. The predicted molar refractivity (Wildman–Crippen MR) is 128 cm³/mol. The summed E-state index contributed by atoms with van der Waals surface area (Å²) in [5, 5.41) is 5.36. The molecule has 32 heavy (non-hydrogen) atoms. The van der Waals surface area contributed by atoms with Gasteiger partial charge in [-0.15, -0.1) is 11.3 Å². The number of rotatable bonds is 6. The molecule has 2 aromatic rings. The zero-order valence-corrected chi connectivity index (χ0v) is 20.5. The first-order chi connectivity index (χ1) is 15.3. The molecule has 2 aliphatic heterocycles. The number of aromatic nitrogens is 1. The minimum Gasteiger partial charge on any atom is -0.298 e. The average Bonchev–Trinajstić information content (AvgIpc) is 3.22. The van der Waals surface area contributed by atoms with Gasteiger partial charge in [-0.2, -0.15) is 4.31 Å². The van der Waals surface area contributed by atoms with Gasteiger partial charge in [-0.05, 0) is 69.3 Å². The molecule has 0 radical (unpaired) electrons. The van der Waals surface area contributed by atoms with E-state index in [9.17, 15) is 13.2 Å². The molecule has 2 saturated heterocycles. The number of amides is 1. The molecule has 0 spiro atoms.